The zero-order valence-electron chi connectivity index (χ0n) is 11.0. The van der Waals surface area contributed by atoms with Crippen LogP contribution in [0, 0.1) is 11.3 Å². The van der Waals surface area contributed by atoms with Crippen molar-refractivity contribution in [3.63, 3.8) is 0 Å². The van der Waals surface area contributed by atoms with E-state index in [9.17, 15) is 4.79 Å². The minimum atomic E-state index is -0.451. The Morgan fingerprint density at radius 2 is 2.21 bits per heavy atom. The molecule has 1 saturated heterocycles. The lowest BCUT2D eigenvalue weighted by Gasteiger charge is -2.48. The molecule has 1 aromatic carbocycles. The molecule has 2 rings (SSSR count). The summed E-state index contributed by atoms with van der Waals surface area (Å²) in [5, 5.41) is 11.9. The van der Waals surface area contributed by atoms with Gasteiger partial charge in [0, 0.05) is 11.0 Å². The molecule has 1 unspecified atom stereocenters. The zero-order valence-corrected chi connectivity index (χ0v) is 12.6. The van der Waals surface area contributed by atoms with E-state index in [0.717, 1.165) is 10.2 Å². The fraction of sp³-hybridized carbons (Fsp3) is 0.429. The van der Waals surface area contributed by atoms with Crippen LogP contribution in [-0.4, -0.2) is 24.0 Å². The van der Waals surface area contributed by atoms with Crippen molar-refractivity contribution in [1.82, 2.24) is 5.32 Å². The van der Waals surface area contributed by atoms with Gasteiger partial charge >= 0.3 is 0 Å². The van der Waals surface area contributed by atoms with Gasteiger partial charge in [-0.15, -0.1) is 0 Å². The summed E-state index contributed by atoms with van der Waals surface area (Å²) in [5.41, 5.74) is 0.710. The summed E-state index contributed by atoms with van der Waals surface area (Å²) < 4.78 is 0.931. The van der Waals surface area contributed by atoms with Gasteiger partial charge in [-0.3, -0.25) is 4.79 Å². The SMILES string of the molecule is CC1(C)CNC(=O)C(CC#N)N1c1ccccc1Br. The molecule has 0 bridgehead atoms. The first kappa shape index (κ1) is 13.9. The summed E-state index contributed by atoms with van der Waals surface area (Å²) in [6.45, 7) is 4.70. The van der Waals surface area contributed by atoms with E-state index >= 15 is 0 Å². The van der Waals surface area contributed by atoms with Crippen molar-refractivity contribution in [2.24, 2.45) is 0 Å². The Hall–Kier alpha value is -1.54. The van der Waals surface area contributed by atoms with Crippen LogP contribution in [-0.2, 0) is 4.79 Å². The topological polar surface area (TPSA) is 56.1 Å². The third-order valence-corrected chi connectivity index (χ3v) is 4.03. The van der Waals surface area contributed by atoms with Gasteiger partial charge in [0.05, 0.1) is 23.7 Å². The Morgan fingerprint density at radius 3 is 2.84 bits per heavy atom. The normalized spacial score (nSPS) is 21.7. The van der Waals surface area contributed by atoms with Crippen LogP contribution in [0.2, 0.25) is 0 Å². The van der Waals surface area contributed by atoms with Crippen LogP contribution in [0.4, 0.5) is 5.69 Å². The molecule has 1 aliphatic rings. The molecule has 0 aromatic heterocycles. The van der Waals surface area contributed by atoms with Crippen molar-refractivity contribution in [1.29, 1.82) is 5.26 Å². The third kappa shape index (κ3) is 2.59. The number of hydrogen-bond donors (Lipinski definition) is 1. The fourth-order valence-electron chi connectivity index (χ4n) is 2.46. The van der Waals surface area contributed by atoms with Gasteiger partial charge in [-0.1, -0.05) is 12.1 Å². The molecule has 1 aromatic rings. The molecule has 1 atom stereocenters. The quantitative estimate of drug-likeness (QED) is 0.910. The lowest BCUT2D eigenvalue weighted by molar-refractivity contribution is -0.124. The van der Waals surface area contributed by atoms with E-state index in [4.69, 9.17) is 5.26 Å². The molecule has 100 valence electrons. The third-order valence-electron chi connectivity index (χ3n) is 3.36. The molecule has 1 fully saturated rings. The first-order valence-electron chi connectivity index (χ1n) is 6.16. The molecule has 4 nitrogen and oxygen atoms in total. The molecule has 5 heteroatoms. The molecule has 0 radical (unpaired) electrons. The van der Waals surface area contributed by atoms with Gasteiger partial charge < -0.3 is 10.2 Å². The summed E-state index contributed by atoms with van der Waals surface area (Å²) in [6.07, 6.45) is 0.177. The van der Waals surface area contributed by atoms with E-state index in [1.165, 1.54) is 0 Å². The van der Waals surface area contributed by atoms with Crippen LogP contribution in [0.5, 0.6) is 0 Å². The maximum Gasteiger partial charge on any atom is 0.243 e. The van der Waals surface area contributed by atoms with E-state index < -0.39 is 6.04 Å². The molecule has 19 heavy (non-hydrogen) atoms. The van der Waals surface area contributed by atoms with Crippen LogP contribution < -0.4 is 10.2 Å². The summed E-state index contributed by atoms with van der Waals surface area (Å²) in [7, 11) is 0. The summed E-state index contributed by atoms with van der Waals surface area (Å²) >= 11 is 3.53. The number of para-hydroxylation sites is 1. The van der Waals surface area contributed by atoms with Gasteiger partial charge in [-0.05, 0) is 41.9 Å². The van der Waals surface area contributed by atoms with Crippen LogP contribution in [0.1, 0.15) is 20.3 Å². The van der Waals surface area contributed by atoms with Gasteiger partial charge in [0.25, 0.3) is 0 Å². The average Bonchev–Trinajstić information content (AvgIpc) is 2.36. The number of anilines is 1. The lowest BCUT2D eigenvalue weighted by atomic mass is 9.93. The number of carbonyl (C=O) groups excluding carboxylic acids is 1. The van der Waals surface area contributed by atoms with Crippen molar-refractivity contribution < 1.29 is 4.79 Å². The van der Waals surface area contributed by atoms with Gasteiger partial charge in [0.2, 0.25) is 5.91 Å². The van der Waals surface area contributed by atoms with Crippen molar-refractivity contribution in [3.8, 4) is 6.07 Å². The summed E-state index contributed by atoms with van der Waals surface area (Å²) in [6, 6.07) is 9.44. The number of piperazine rings is 1. The van der Waals surface area contributed by atoms with Gasteiger partial charge in [0.1, 0.15) is 6.04 Å². The fourth-order valence-corrected chi connectivity index (χ4v) is 2.93. The Balaban J connectivity index is 2.49. The predicted octanol–water partition coefficient (Wildman–Crippen LogP) is 2.45. The maximum atomic E-state index is 12.0. The van der Waals surface area contributed by atoms with Gasteiger partial charge in [0.15, 0.2) is 0 Å². The second kappa shape index (κ2) is 5.22. The monoisotopic (exact) mass is 321 g/mol. The molecule has 0 saturated carbocycles. The highest BCUT2D eigenvalue weighted by molar-refractivity contribution is 9.10. The number of nitriles is 1. The Labute approximate surface area is 121 Å². The van der Waals surface area contributed by atoms with E-state index in [1.54, 1.807) is 0 Å². The molecule has 1 amide bonds. The first-order chi connectivity index (χ1) is 8.97. The molecule has 1 N–H and O–H groups in total. The van der Waals surface area contributed by atoms with Crippen molar-refractivity contribution in [2.45, 2.75) is 31.8 Å². The number of halogens is 1. The highest BCUT2D eigenvalue weighted by Gasteiger charge is 2.41. The van der Waals surface area contributed by atoms with Gasteiger partial charge in [-0.25, -0.2) is 0 Å². The van der Waals surface area contributed by atoms with Crippen LogP contribution in [0.25, 0.3) is 0 Å². The Bertz CT molecular complexity index is 536. The number of nitrogens with one attached hydrogen (secondary N) is 1. The number of rotatable bonds is 2. The average molecular weight is 322 g/mol. The minimum Gasteiger partial charge on any atom is -0.352 e. The summed E-state index contributed by atoms with van der Waals surface area (Å²) in [5.74, 6) is -0.0865. The molecular weight excluding hydrogens is 306 g/mol. The molecule has 0 aliphatic carbocycles. The van der Waals surface area contributed by atoms with E-state index in [2.05, 4.69) is 41.2 Å². The van der Waals surface area contributed by atoms with E-state index in [1.807, 2.05) is 29.2 Å². The first-order valence-corrected chi connectivity index (χ1v) is 6.95. The largest absolute Gasteiger partial charge is 0.352 e. The maximum absolute atomic E-state index is 12.0. The van der Waals surface area contributed by atoms with Crippen LogP contribution in [0.3, 0.4) is 0 Å². The highest BCUT2D eigenvalue weighted by Crippen LogP contribution is 2.35. The molecule has 0 spiro atoms. The number of amides is 1. The van der Waals surface area contributed by atoms with Crippen molar-refractivity contribution in [2.75, 3.05) is 11.4 Å². The number of nitrogens with zero attached hydrogens (tertiary/aromatic N) is 2. The predicted molar refractivity (Wildman–Crippen MR) is 77.7 cm³/mol. The molecule has 1 heterocycles. The standard InChI is InChI=1S/C14H16BrN3O/c1-14(2)9-17-13(19)12(7-8-16)18(14)11-6-4-3-5-10(11)15/h3-6,12H,7,9H2,1-2H3,(H,17,19). The Kier molecular flexibility index (Phi) is 3.81. The number of benzene rings is 1. The second-order valence-electron chi connectivity index (χ2n) is 5.23. The van der Waals surface area contributed by atoms with E-state index in [0.29, 0.717) is 6.54 Å². The zero-order chi connectivity index (χ0) is 14.0. The van der Waals surface area contributed by atoms with Crippen LogP contribution >= 0.6 is 15.9 Å². The molecule has 1 aliphatic heterocycles. The number of carbonyl (C=O) groups is 1. The highest BCUT2D eigenvalue weighted by atomic mass is 79.9. The van der Waals surface area contributed by atoms with Crippen LogP contribution in [0.15, 0.2) is 28.7 Å². The lowest BCUT2D eigenvalue weighted by Crippen LogP contribution is -2.66. The summed E-state index contributed by atoms with van der Waals surface area (Å²) in [4.78, 5) is 14.1. The van der Waals surface area contributed by atoms with E-state index in [-0.39, 0.29) is 17.9 Å². The Morgan fingerprint density at radius 1 is 1.53 bits per heavy atom. The van der Waals surface area contributed by atoms with Crippen molar-refractivity contribution >= 4 is 27.5 Å². The van der Waals surface area contributed by atoms with Gasteiger partial charge in [-0.2, -0.15) is 5.26 Å². The molecular formula is C14H16BrN3O. The number of hydrogen-bond acceptors (Lipinski definition) is 3. The smallest absolute Gasteiger partial charge is 0.243 e. The minimum absolute atomic E-state index is 0.0865. The van der Waals surface area contributed by atoms with Crippen molar-refractivity contribution in [3.05, 3.63) is 28.7 Å². The second-order valence-corrected chi connectivity index (χ2v) is 6.08.